The maximum atomic E-state index is 10.4. The number of hydrogen-bond donors (Lipinski definition) is 0. The van der Waals surface area contributed by atoms with Gasteiger partial charge in [-0.2, -0.15) is 4.57 Å². The van der Waals surface area contributed by atoms with E-state index in [-0.39, 0.29) is 4.90 Å². The molecular weight excluding hydrogens is 390 g/mol. The Morgan fingerprint density at radius 3 is 2.21 bits per heavy atom. The highest BCUT2D eigenvalue weighted by molar-refractivity contribution is 7.85. The Morgan fingerprint density at radius 1 is 0.929 bits per heavy atom. The lowest BCUT2D eigenvalue weighted by Crippen LogP contribution is -2.34. The lowest BCUT2D eigenvalue weighted by Gasteiger charge is -2.05. The first-order valence-corrected chi connectivity index (χ1v) is 12.0. The Kier molecular flexibility index (Phi) is 8.60. The highest BCUT2D eigenvalue weighted by Gasteiger charge is 2.15. The zero-order chi connectivity index (χ0) is 20.6. The molecule has 2 aromatic carbocycles. The molecule has 3 aromatic rings. The number of fused-ring (bicyclic) bond motifs is 1. The molecule has 152 valence electrons. The molecule has 0 amide bonds. The summed E-state index contributed by atoms with van der Waals surface area (Å²) in [5, 5.41) is 1.43. The molecule has 0 saturated heterocycles. The van der Waals surface area contributed by atoms with E-state index < -0.39 is 10.1 Å². The summed E-state index contributed by atoms with van der Waals surface area (Å²) in [6.07, 6.45) is 6.77. The van der Waals surface area contributed by atoms with Gasteiger partial charge < -0.3 is 4.55 Å². The van der Waals surface area contributed by atoms with Gasteiger partial charge in [0, 0.05) is 19.4 Å². The highest BCUT2D eigenvalue weighted by Crippen LogP contribution is 2.19. The van der Waals surface area contributed by atoms with Crippen LogP contribution in [0.5, 0.6) is 0 Å². The third kappa shape index (κ3) is 6.69. The van der Waals surface area contributed by atoms with Gasteiger partial charge >= 0.3 is 0 Å². The van der Waals surface area contributed by atoms with Gasteiger partial charge in [-0.1, -0.05) is 67.4 Å². The zero-order valence-corrected chi connectivity index (χ0v) is 18.5. The molecule has 0 N–H and O–H groups in total. The summed E-state index contributed by atoms with van der Waals surface area (Å²) in [4.78, 5) is -0.178. The van der Waals surface area contributed by atoms with Crippen LogP contribution in [0.15, 0.2) is 53.4 Å². The van der Waals surface area contributed by atoms with Gasteiger partial charge in [0.05, 0.1) is 4.90 Å². The Morgan fingerprint density at radius 2 is 1.57 bits per heavy atom. The van der Waals surface area contributed by atoms with Crippen LogP contribution in [0.4, 0.5) is 0 Å². The van der Waals surface area contributed by atoms with E-state index in [0.29, 0.717) is 0 Å². The van der Waals surface area contributed by atoms with Crippen molar-refractivity contribution in [2.24, 2.45) is 0 Å². The number of nitrogens with zero attached hydrogens (tertiary/aromatic N) is 1. The molecule has 0 spiro atoms. The third-order valence-electron chi connectivity index (χ3n) is 4.59. The smallest absolute Gasteiger partial charge is 0.235 e. The molecule has 0 aliphatic heterocycles. The highest BCUT2D eigenvalue weighted by atomic mass is 32.2. The summed E-state index contributed by atoms with van der Waals surface area (Å²) in [6, 6.07) is 14.5. The first-order chi connectivity index (χ1) is 13.3. The molecule has 1 heterocycles. The molecule has 0 fully saturated rings. The van der Waals surface area contributed by atoms with Crippen molar-refractivity contribution in [2.75, 3.05) is 0 Å². The standard InChI is InChI=1S/C15H22NS.C7H8O3S/c1-3-4-5-6-9-12-16-13(2)17-15-11-8-7-10-14(15)16;1-6-2-4-7(5-3-6)11(8,9)10/h7-8,10-11H,3-6,9,12H2,1-2H3;2-5H,1H3,(H,8,9,10)/q+1;/p-1. The Labute approximate surface area is 172 Å². The molecule has 0 saturated carbocycles. The topological polar surface area (TPSA) is 61.1 Å². The summed E-state index contributed by atoms with van der Waals surface area (Å²) >= 11 is 1.91. The summed E-state index contributed by atoms with van der Waals surface area (Å²) in [5.74, 6) is 0. The lowest BCUT2D eigenvalue weighted by atomic mass is 10.1. The van der Waals surface area contributed by atoms with Crippen LogP contribution < -0.4 is 4.57 Å². The minimum absolute atomic E-state index is 0.178. The second kappa shape index (κ2) is 10.7. The zero-order valence-electron chi connectivity index (χ0n) is 16.8. The first kappa shape index (κ1) is 22.5. The van der Waals surface area contributed by atoms with Crippen LogP contribution in [0, 0.1) is 13.8 Å². The Balaban J connectivity index is 0.000000221. The summed E-state index contributed by atoms with van der Waals surface area (Å²) < 4.78 is 35.1. The average molecular weight is 420 g/mol. The largest absolute Gasteiger partial charge is 0.744 e. The number of thiazole rings is 1. The number of rotatable bonds is 7. The van der Waals surface area contributed by atoms with E-state index >= 15 is 0 Å². The van der Waals surface area contributed by atoms with Crippen LogP contribution >= 0.6 is 11.3 Å². The molecule has 0 atom stereocenters. The SMILES string of the molecule is CCCCCCC[n+]1c(C)sc2ccccc21.Cc1ccc(S(=O)(=O)[O-])cc1. The predicted molar refractivity (Wildman–Crippen MR) is 115 cm³/mol. The van der Waals surface area contributed by atoms with Crippen molar-refractivity contribution in [1.29, 1.82) is 0 Å². The molecule has 3 rings (SSSR count). The molecule has 0 unspecified atom stereocenters. The van der Waals surface area contributed by atoms with Crippen molar-refractivity contribution in [3.8, 4) is 0 Å². The Bertz CT molecular complexity index is 977. The van der Waals surface area contributed by atoms with Crippen molar-refractivity contribution in [2.45, 2.75) is 64.3 Å². The van der Waals surface area contributed by atoms with Crippen LogP contribution in [0.2, 0.25) is 0 Å². The van der Waals surface area contributed by atoms with E-state index in [4.69, 9.17) is 0 Å². The number of benzene rings is 2. The fourth-order valence-corrected chi connectivity index (χ4v) is 4.52. The summed E-state index contributed by atoms with van der Waals surface area (Å²) in [6.45, 7) is 7.50. The monoisotopic (exact) mass is 419 g/mol. The van der Waals surface area contributed by atoms with Gasteiger partial charge in [0.25, 0.3) is 0 Å². The van der Waals surface area contributed by atoms with Crippen molar-refractivity contribution in [1.82, 2.24) is 0 Å². The second-order valence-corrected chi connectivity index (χ2v) is 9.54. The maximum Gasteiger partial charge on any atom is 0.235 e. The number of para-hydroxylation sites is 1. The van der Waals surface area contributed by atoms with Gasteiger partial charge in [0.2, 0.25) is 10.5 Å². The lowest BCUT2D eigenvalue weighted by molar-refractivity contribution is -0.673. The average Bonchev–Trinajstić information content (AvgIpc) is 2.97. The van der Waals surface area contributed by atoms with Gasteiger partial charge in [0.15, 0.2) is 0 Å². The molecule has 0 radical (unpaired) electrons. The molecule has 28 heavy (non-hydrogen) atoms. The van der Waals surface area contributed by atoms with Crippen LogP contribution in [-0.4, -0.2) is 13.0 Å². The minimum atomic E-state index is -4.27. The second-order valence-electron chi connectivity index (χ2n) is 6.92. The van der Waals surface area contributed by atoms with Crippen molar-refractivity contribution in [3.63, 3.8) is 0 Å². The van der Waals surface area contributed by atoms with Crippen LogP contribution in [0.3, 0.4) is 0 Å². The molecule has 0 bridgehead atoms. The van der Waals surface area contributed by atoms with Crippen LogP contribution in [0.1, 0.15) is 49.6 Å². The van der Waals surface area contributed by atoms with Gasteiger partial charge in [-0.15, -0.1) is 0 Å². The predicted octanol–water partition coefficient (Wildman–Crippen LogP) is 5.37. The van der Waals surface area contributed by atoms with Crippen LogP contribution in [0.25, 0.3) is 10.2 Å². The molecule has 0 aliphatic rings. The number of aromatic nitrogens is 1. The van der Waals surface area contributed by atoms with E-state index in [0.717, 1.165) is 5.56 Å². The molecule has 1 aromatic heterocycles. The van der Waals surface area contributed by atoms with Gasteiger partial charge in [-0.3, -0.25) is 0 Å². The van der Waals surface area contributed by atoms with Gasteiger partial charge in [-0.05, 0) is 31.5 Å². The molecular formula is C22H29NO3S2. The van der Waals surface area contributed by atoms with E-state index in [2.05, 4.69) is 42.7 Å². The quantitative estimate of drug-likeness (QED) is 0.294. The first-order valence-electron chi connectivity index (χ1n) is 9.73. The number of aryl methyl sites for hydroxylation is 3. The van der Waals surface area contributed by atoms with E-state index in [1.807, 2.05) is 18.3 Å². The summed E-state index contributed by atoms with van der Waals surface area (Å²) in [5.41, 5.74) is 2.34. The van der Waals surface area contributed by atoms with Crippen LogP contribution in [-0.2, 0) is 16.7 Å². The number of unbranched alkanes of at least 4 members (excludes halogenated alkanes) is 4. The van der Waals surface area contributed by atoms with Crippen molar-refractivity contribution < 1.29 is 17.5 Å². The Hall–Kier alpha value is -1.76. The van der Waals surface area contributed by atoms with Crippen molar-refractivity contribution >= 4 is 31.7 Å². The summed E-state index contributed by atoms with van der Waals surface area (Å²) in [7, 11) is -4.27. The fourth-order valence-electron chi connectivity index (χ4n) is 3.01. The van der Waals surface area contributed by atoms with E-state index in [1.54, 1.807) is 12.1 Å². The third-order valence-corrected chi connectivity index (χ3v) is 6.52. The van der Waals surface area contributed by atoms with E-state index in [1.165, 1.54) is 66.0 Å². The molecule has 6 heteroatoms. The maximum absolute atomic E-state index is 10.4. The molecule has 0 aliphatic carbocycles. The number of hydrogen-bond acceptors (Lipinski definition) is 4. The normalized spacial score (nSPS) is 11.3. The minimum Gasteiger partial charge on any atom is -0.744 e. The molecule has 4 nitrogen and oxygen atoms in total. The van der Waals surface area contributed by atoms with E-state index in [9.17, 15) is 13.0 Å². The fraction of sp³-hybridized carbons (Fsp3) is 0.409. The van der Waals surface area contributed by atoms with Gasteiger partial charge in [0.1, 0.15) is 21.4 Å². The van der Waals surface area contributed by atoms with Crippen molar-refractivity contribution in [3.05, 3.63) is 59.1 Å². The van der Waals surface area contributed by atoms with Gasteiger partial charge in [-0.25, -0.2) is 8.42 Å².